The number of benzene rings is 1. The van der Waals surface area contributed by atoms with Crippen molar-refractivity contribution >= 4 is 5.97 Å². The number of terminal acetylenes is 1. The number of ether oxygens (including phenoxy) is 1. The van der Waals surface area contributed by atoms with Crippen molar-refractivity contribution in [3.63, 3.8) is 0 Å². The Morgan fingerprint density at radius 2 is 1.92 bits per heavy atom. The number of carbonyl (C=O) groups excluding carboxylic acids is 1. The second-order valence-corrected chi connectivity index (χ2v) is 7.69. The summed E-state index contributed by atoms with van der Waals surface area (Å²) in [6.45, 7) is 10.2. The van der Waals surface area contributed by atoms with Gasteiger partial charge in [-0.05, 0) is 49.7 Å². The van der Waals surface area contributed by atoms with E-state index in [0.29, 0.717) is 0 Å². The fraction of sp³-hybridized carbons (Fsp3) is 0.435. The van der Waals surface area contributed by atoms with Gasteiger partial charge in [0.25, 0.3) is 0 Å². The Labute approximate surface area is 152 Å². The lowest BCUT2D eigenvalue weighted by molar-refractivity contribution is -0.147. The molecule has 1 fully saturated rings. The van der Waals surface area contributed by atoms with Gasteiger partial charge in [-0.1, -0.05) is 67.8 Å². The molecule has 2 nitrogen and oxygen atoms in total. The van der Waals surface area contributed by atoms with Crippen molar-refractivity contribution in [1.29, 1.82) is 0 Å². The van der Waals surface area contributed by atoms with Gasteiger partial charge in [-0.2, -0.15) is 0 Å². The molecule has 1 aromatic carbocycles. The molecular weight excluding hydrogens is 308 g/mol. The molecule has 0 saturated heterocycles. The Bertz CT molecular complexity index is 712. The van der Waals surface area contributed by atoms with Crippen LogP contribution in [0.2, 0.25) is 0 Å². The first-order valence-corrected chi connectivity index (χ1v) is 8.79. The first-order valence-electron chi connectivity index (χ1n) is 8.79. The summed E-state index contributed by atoms with van der Waals surface area (Å²) < 4.78 is 5.65. The van der Waals surface area contributed by atoms with Crippen LogP contribution in [0.25, 0.3) is 0 Å². The van der Waals surface area contributed by atoms with E-state index in [1.807, 2.05) is 31.2 Å². The predicted octanol–water partition coefficient (Wildman–Crippen LogP) is 4.96. The zero-order valence-electron chi connectivity index (χ0n) is 15.9. The van der Waals surface area contributed by atoms with Crippen molar-refractivity contribution in [2.45, 2.75) is 47.1 Å². The molecule has 0 N–H and O–H groups in total. The van der Waals surface area contributed by atoms with Crippen molar-refractivity contribution in [1.82, 2.24) is 0 Å². The highest BCUT2D eigenvalue weighted by atomic mass is 16.5. The van der Waals surface area contributed by atoms with Crippen molar-refractivity contribution < 1.29 is 9.53 Å². The molecule has 25 heavy (non-hydrogen) atoms. The average Bonchev–Trinajstić information content (AvgIpc) is 3.10. The fourth-order valence-corrected chi connectivity index (χ4v) is 3.25. The highest BCUT2D eigenvalue weighted by Crippen LogP contribution is 2.59. The molecule has 0 bridgehead atoms. The van der Waals surface area contributed by atoms with Crippen molar-refractivity contribution in [3.05, 3.63) is 59.2 Å². The van der Waals surface area contributed by atoms with Crippen LogP contribution in [0.1, 0.15) is 40.2 Å². The molecule has 1 aromatic rings. The SMILES string of the molecule is C#CC(OC(=O)C1C(C=C(C)C)C1(C)C)/C(C)=C/Cc1ccccc1. The summed E-state index contributed by atoms with van der Waals surface area (Å²) in [5.74, 6) is 2.54. The molecule has 132 valence electrons. The number of carbonyl (C=O) groups is 1. The minimum Gasteiger partial charge on any atom is -0.444 e. The van der Waals surface area contributed by atoms with Gasteiger partial charge in [-0.3, -0.25) is 4.79 Å². The zero-order chi connectivity index (χ0) is 18.6. The Hall–Kier alpha value is -2.27. The number of rotatable bonds is 6. The molecular formula is C23H28O2. The van der Waals surface area contributed by atoms with E-state index in [4.69, 9.17) is 11.2 Å². The topological polar surface area (TPSA) is 26.3 Å². The second-order valence-electron chi connectivity index (χ2n) is 7.69. The van der Waals surface area contributed by atoms with E-state index in [9.17, 15) is 4.79 Å². The van der Waals surface area contributed by atoms with Gasteiger partial charge in [0.2, 0.25) is 0 Å². The fourth-order valence-electron chi connectivity index (χ4n) is 3.25. The molecule has 0 amide bonds. The molecule has 0 radical (unpaired) electrons. The summed E-state index contributed by atoms with van der Waals surface area (Å²) in [7, 11) is 0. The first-order chi connectivity index (χ1) is 11.8. The van der Waals surface area contributed by atoms with Gasteiger partial charge in [0.15, 0.2) is 6.10 Å². The molecule has 1 aliphatic carbocycles. The summed E-state index contributed by atoms with van der Waals surface area (Å²) in [6.07, 6.45) is 9.99. The van der Waals surface area contributed by atoms with Gasteiger partial charge >= 0.3 is 5.97 Å². The molecule has 0 aliphatic heterocycles. The molecule has 2 rings (SSSR count). The Morgan fingerprint density at radius 1 is 1.28 bits per heavy atom. The molecule has 0 spiro atoms. The number of hydrogen-bond donors (Lipinski definition) is 0. The minimum absolute atomic E-state index is 0.0604. The summed E-state index contributed by atoms with van der Waals surface area (Å²) in [6, 6.07) is 10.1. The molecule has 0 aromatic heterocycles. The van der Waals surface area contributed by atoms with Crippen molar-refractivity contribution in [2.24, 2.45) is 17.3 Å². The third-order valence-corrected chi connectivity index (χ3v) is 4.98. The van der Waals surface area contributed by atoms with E-state index in [0.717, 1.165) is 12.0 Å². The van der Waals surface area contributed by atoms with E-state index in [1.54, 1.807) is 0 Å². The van der Waals surface area contributed by atoms with Crippen LogP contribution in [-0.2, 0) is 16.0 Å². The maximum atomic E-state index is 12.6. The van der Waals surface area contributed by atoms with Crippen molar-refractivity contribution in [2.75, 3.05) is 0 Å². The number of esters is 1. The van der Waals surface area contributed by atoms with Gasteiger partial charge in [-0.15, -0.1) is 6.42 Å². The highest BCUT2D eigenvalue weighted by Gasteiger charge is 2.61. The summed E-state index contributed by atoms with van der Waals surface area (Å²) in [5, 5.41) is 0. The quantitative estimate of drug-likeness (QED) is 0.417. The molecule has 1 aliphatic rings. The lowest BCUT2D eigenvalue weighted by atomic mass is 10.1. The smallest absolute Gasteiger partial charge is 0.311 e. The Morgan fingerprint density at radius 3 is 2.48 bits per heavy atom. The van der Waals surface area contributed by atoms with Gasteiger partial charge < -0.3 is 4.74 Å². The lowest BCUT2D eigenvalue weighted by Gasteiger charge is -2.14. The van der Waals surface area contributed by atoms with Crippen LogP contribution in [0.15, 0.2) is 53.6 Å². The third kappa shape index (κ3) is 4.63. The lowest BCUT2D eigenvalue weighted by Crippen LogP contribution is -2.20. The minimum atomic E-state index is -0.597. The van der Waals surface area contributed by atoms with Gasteiger partial charge in [0, 0.05) is 0 Å². The Kier molecular flexibility index (Phi) is 5.90. The normalized spacial score (nSPS) is 22.5. The monoisotopic (exact) mass is 336 g/mol. The Balaban J connectivity index is 2.01. The molecule has 3 atom stereocenters. The van der Waals surface area contributed by atoms with Gasteiger partial charge in [0.05, 0.1) is 5.92 Å². The number of allylic oxidation sites excluding steroid dienone is 3. The van der Waals surface area contributed by atoms with E-state index >= 15 is 0 Å². The van der Waals surface area contributed by atoms with E-state index in [2.05, 4.69) is 51.8 Å². The van der Waals surface area contributed by atoms with Crippen LogP contribution in [-0.4, -0.2) is 12.1 Å². The van der Waals surface area contributed by atoms with Crippen LogP contribution in [0.4, 0.5) is 0 Å². The average molecular weight is 336 g/mol. The molecule has 3 unspecified atom stereocenters. The van der Waals surface area contributed by atoms with Gasteiger partial charge in [0.1, 0.15) is 0 Å². The highest BCUT2D eigenvalue weighted by molar-refractivity contribution is 5.79. The maximum absolute atomic E-state index is 12.6. The summed E-state index contributed by atoms with van der Waals surface area (Å²) in [5.41, 5.74) is 3.27. The van der Waals surface area contributed by atoms with Crippen LogP contribution < -0.4 is 0 Å². The van der Waals surface area contributed by atoms with Crippen LogP contribution in [0, 0.1) is 29.6 Å². The molecule has 2 heteroatoms. The van der Waals surface area contributed by atoms with Gasteiger partial charge in [-0.25, -0.2) is 0 Å². The second kappa shape index (κ2) is 7.74. The predicted molar refractivity (Wildman–Crippen MR) is 103 cm³/mol. The van der Waals surface area contributed by atoms with E-state index in [1.165, 1.54) is 11.1 Å². The largest absolute Gasteiger partial charge is 0.444 e. The molecule has 1 saturated carbocycles. The zero-order valence-corrected chi connectivity index (χ0v) is 15.9. The molecule has 0 heterocycles. The van der Waals surface area contributed by atoms with E-state index in [-0.39, 0.29) is 23.2 Å². The van der Waals surface area contributed by atoms with E-state index < -0.39 is 6.10 Å². The standard InChI is InChI=1S/C23H28O2/c1-7-20(17(4)13-14-18-11-9-8-10-12-18)25-22(24)21-19(15-16(2)3)23(21,5)6/h1,8-13,15,19-21H,14H2,2-6H3/b17-13+. The maximum Gasteiger partial charge on any atom is 0.311 e. The first kappa shape index (κ1) is 19.1. The third-order valence-electron chi connectivity index (χ3n) is 4.98. The van der Waals surface area contributed by atoms with Crippen LogP contribution in [0.5, 0.6) is 0 Å². The van der Waals surface area contributed by atoms with Crippen LogP contribution in [0.3, 0.4) is 0 Å². The number of hydrogen-bond acceptors (Lipinski definition) is 2. The van der Waals surface area contributed by atoms with Crippen molar-refractivity contribution in [3.8, 4) is 12.3 Å². The summed E-state index contributed by atoms with van der Waals surface area (Å²) >= 11 is 0. The summed E-state index contributed by atoms with van der Waals surface area (Å²) in [4.78, 5) is 12.6. The van der Waals surface area contributed by atoms with Crippen LogP contribution >= 0.6 is 0 Å².